The highest BCUT2D eigenvalue weighted by atomic mass is 16.2. The predicted molar refractivity (Wildman–Crippen MR) is 41.0 cm³/mol. The maximum absolute atomic E-state index is 11.3. The van der Waals surface area contributed by atoms with Gasteiger partial charge in [-0.05, 0) is 31.1 Å². The van der Waals surface area contributed by atoms with Gasteiger partial charge >= 0.3 is 0 Å². The number of amides is 2. The quantitative estimate of drug-likeness (QED) is 0.525. The first kappa shape index (κ1) is 6.63. The number of carbonyl (C=O) groups excluding carboxylic acids is 2. The molecule has 0 aromatic heterocycles. The molecular weight excluding hydrogens is 154 g/mol. The molecule has 1 saturated heterocycles. The summed E-state index contributed by atoms with van der Waals surface area (Å²) in [4.78, 5) is 22.6. The lowest BCUT2D eigenvalue weighted by Crippen LogP contribution is -2.24. The van der Waals surface area contributed by atoms with Crippen LogP contribution in [0.5, 0.6) is 0 Å². The van der Waals surface area contributed by atoms with Crippen molar-refractivity contribution < 1.29 is 9.59 Å². The van der Waals surface area contributed by atoms with Crippen LogP contribution in [0.4, 0.5) is 0 Å². The van der Waals surface area contributed by atoms with Crippen LogP contribution in [0, 0.1) is 23.7 Å². The summed E-state index contributed by atoms with van der Waals surface area (Å²) in [6, 6.07) is 0. The van der Waals surface area contributed by atoms with Gasteiger partial charge in [-0.15, -0.1) is 0 Å². The average molecular weight is 165 g/mol. The lowest BCUT2D eigenvalue weighted by molar-refractivity contribution is -0.126. The van der Waals surface area contributed by atoms with Crippen molar-refractivity contribution in [2.45, 2.75) is 19.3 Å². The number of carbonyl (C=O) groups is 2. The lowest BCUT2D eigenvalue weighted by Gasteiger charge is -2.19. The molecule has 0 aromatic rings. The van der Waals surface area contributed by atoms with Gasteiger partial charge in [0, 0.05) is 0 Å². The van der Waals surface area contributed by atoms with Crippen molar-refractivity contribution in [1.82, 2.24) is 5.32 Å². The van der Waals surface area contributed by atoms with E-state index in [1.54, 1.807) is 0 Å². The van der Waals surface area contributed by atoms with E-state index in [1.807, 2.05) is 0 Å². The minimum atomic E-state index is -0.00259. The molecule has 3 rings (SSSR count). The third-order valence-corrected chi connectivity index (χ3v) is 3.77. The Morgan fingerprint density at radius 2 is 1.50 bits per heavy atom. The van der Waals surface area contributed by atoms with Crippen molar-refractivity contribution in [1.29, 1.82) is 0 Å². The third-order valence-electron chi connectivity index (χ3n) is 3.77. The fourth-order valence-electron chi connectivity index (χ4n) is 3.33. The summed E-state index contributed by atoms with van der Waals surface area (Å²) in [5.74, 6) is 1.14. The maximum atomic E-state index is 11.3. The zero-order valence-corrected chi connectivity index (χ0v) is 6.75. The molecule has 0 radical (unpaired) electrons. The second-order valence-corrected chi connectivity index (χ2v) is 4.24. The zero-order chi connectivity index (χ0) is 8.29. The Morgan fingerprint density at radius 1 is 1.00 bits per heavy atom. The minimum Gasteiger partial charge on any atom is -0.296 e. The monoisotopic (exact) mass is 165 g/mol. The molecule has 3 heteroatoms. The third kappa shape index (κ3) is 0.586. The molecule has 2 bridgehead atoms. The van der Waals surface area contributed by atoms with Crippen molar-refractivity contribution in [3.63, 3.8) is 0 Å². The number of hydrogen-bond acceptors (Lipinski definition) is 2. The molecule has 1 N–H and O–H groups in total. The van der Waals surface area contributed by atoms with Crippen LogP contribution >= 0.6 is 0 Å². The van der Waals surface area contributed by atoms with Crippen LogP contribution in [0.1, 0.15) is 19.3 Å². The lowest BCUT2D eigenvalue weighted by atomic mass is 9.81. The number of rotatable bonds is 0. The van der Waals surface area contributed by atoms with Crippen LogP contribution in [0.3, 0.4) is 0 Å². The Hall–Kier alpha value is -0.860. The first-order valence-corrected chi connectivity index (χ1v) is 4.62. The number of hydrogen-bond donors (Lipinski definition) is 1. The van der Waals surface area contributed by atoms with Gasteiger partial charge < -0.3 is 0 Å². The second kappa shape index (κ2) is 1.90. The Kier molecular flexibility index (Phi) is 1.05. The summed E-state index contributed by atoms with van der Waals surface area (Å²) in [6.45, 7) is 0. The van der Waals surface area contributed by atoms with Crippen molar-refractivity contribution in [2.75, 3.05) is 0 Å². The zero-order valence-electron chi connectivity index (χ0n) is 6.75. The predicted octanol–water partition coefficient (Wildman–Crippen LogP) is 0.305. The summed E-state index contributed by atoms with van der Waals surface area (Å²) in [6.07, 6.45) is 3.44. The van der Waals surface area contributed by atoms with Gasteiger partial charge in [0.25, 0.3) is 0 Å². The molecule has 2 aliphatic carbocycles. The number of fused-ring (bicyclic) bond motifs is 5. The number of imide groups is 1. The van der Waals surface area contributed by atoms with Gasteiger partial charge in [0.1, 0.15) is 0 Å². The number of nitrogens with one attached hydrogen (secondary N) is 1. The molecule has 3 aliphatic rings. The molecule has 0 spiro atoms. The molecule has 2 unspecified atom stereocenters. The SMILES string of the molecule is O=C1NC(=O)[C@H]2C3CCC(C3)[C@@H]12. The van der Waals surface area contributed by atoms with E-state index in [1.165, 1.54) is 0 Å². The Bertz CT molecular complexity index is 248. The highest BCUT2D eigenvalue weighted by Gasteiger charge is 2.57. The molecule has 1 aliphatic heterocycles. The standard InChI is InChI=1S/C9H11NO2/c11-8-6-4-1-2-5(3-4)7(6)9(12)10-8/h4-7H,1-3H2,(H,10,11,12)/t4?,5?,6-,7+. The van der Waals surface area contributed by atoms with E-state index in [0.29, 0.717) is 11.8 Å². The van der Waals surface area contributed by atoms with Crippen LogP contribution < -0.4 is 5.32 Å². The van der Waals surface area contributed by atoms with Gasteiger partial charge in [0.2, 0.25) is 11.8 Å². The van der Waals surface area contributed by atoms with E-state index < -0.39 is 0 Å². The minimum absolute atomic E-state index is 0.00259. The normalized spacial score (nSPS) is 49.7. The van der Waals surface area contributed by atoms with E-state index in [2.05, 4.69) is 5.32 Å². The topological polar surface area (TPSA) is 46.2 Å². The molecule has 12 heavy (non-hydrogen) atoms. The fraction of sp³-hybridized carbons (Fsp3) is 0.778. The molecule has 64 valence electrons. The van der Waals surface area contributed by atoms with Crippen LogP contribution in [0.15, 0.2) is 0 Å². The fourth-order valence-corrected chi connectivity index (χ4v) is 3.33. The van der Waals surface area contributed by atoms with E-state index in [9.17, 15) is 9.59 Å². The first-order valence-electron chi connectivity index (χ1n) is 4.62. The molecule has 3 fully saturated rings. The van der Waals surface area contributed by atoms with E-state index in [0.717, 1.165) is 19.3 Å². The van der Waals surface area contributed by atoms with E-state index >= 15 is 0 Å². The van der Waals surface area contributed by atoms with Crippen molar-refractivity contribution in [2.24, 2.45) is 23.7 Å². The maximum Gasteiger partial charge on any atom is 0.230 e. The van der Waals surface area contributed by atoms with Gasteiger partial charge in [0.05, 0.1) is 11.8 Å². The van der Waals surface area contributed by atoms with Gasteiger partial charge in [-0.2, -0.15) is 0 Å². The van der Waals surface area contributed by atoms with E-state index in [-0.39, 0.29) is 23.7 Å². The average Bonchev–Trinajstić information content (AvgIpc) is 2.64. The summed E-state index contributed by atoms with van der Waals surface area (Å²) >= 11 is 0. The Morgan fingerprint density at radius 3 is 2.00 bits per heavy atom. The molecule has 0 aromatic carbocycles. The van der Waals surface area contributed by atoms with Crippen molar-refractivity contribution >= 4 is 11.8 Å². The van der Waals surface area contributed by atoms with Crippen LogP contribution in [-0.2, 0) is 9.59 Å². The van der Waals surface area contributed by atoms with Crippen LogP contribution in [0.25, 0.3) is 0 Å². The highest BCUT2D eigenvalue weighted by molar-refractivity contribution is 6.05. The van der Waals surface area contributed by atoms with Gasteiger partial charge in [0.15, 0.2) is 0 Å². The Labute approximate surface area is 70.5 Å². The molecule has 3 nitrogen and oxygen atoms in total. The van der Waals surface area contributed by atoms with Crippen molar-refractivity contribution in [3.8, 4) is 0 Å². The van der Waals surface area contributed by atoms with E-state index in [4.69, 9.17) is 0 Å². The summed E-state index contributed by atoms with van der Waals surface area (Å²) in [5, 5.41) is 2.44. The Balaban J connectivity index is 2.03. The molecule has 2 amide bonds. The van der Waals surface area contributed by atoms with Crippen LogP contribution in [0.2, 0.25) is 0 Å². The molecular formula is C9H11NO2. The second-order valence-electron chi connectivity index (χ2n) is 4.24. The summed E-state index contributed by atoms with van der Waals surface area (Å²) < 4.78 is 0. The molecule has 4 atom stereocenters. The van der Waals surface area contributed by atoms with Crippen molar-refractivity contribution in [3.05, 3.63) is 0 Å². The van der Waals surface area contributed by atoms with Gasteiger partial charge in [-0.25, -0.2) is 0 Å². The van der Waals surface area contributed by atoms with Gasteiger partial charge in [-0.3, -0.25) is 14.9 Å². The summed E-state index contributed by atoms with van der Waals surface area (Å²) in [7, 11) is 0. The first-order chi connectivity index (χ1) is 5.77. The smallest absolute Gasteiger partial charge is 0.230 e. The van der Waals surface area contributed by atoms with Crippen LogP contribution in [-0.4, -0.2) is 11.8 Å². The largest absolute Gasteiger partial charge is 0.296 e. The molecule has 1 heterocycles. The highest BCUT2D eigenvalue weighted by Crippen LogP contribution is 2.54. The molecule has 2 saturated carbocycles. The summed E-state index contributed by atoms with van der Waals surface area (Å²) in [5.41, 5.74) is 0. The van der Waals surface area contributed by atoms with Gasteiger partial charge in [-0.1, -0.05) is 0 Å².